The number of carbonyl (C=O) groups is 1. The lowest BCUT2D eigenvalue weighted by atomic mass is 10.00. The van der Waals surface area contributed by atoms with Crippen LogP contribution in [0.5, 0.6) is 0 Å². The van der Waals surface area contributed by atoms with Gasteiger partial charge < -0.3 is 10.6 Å². The molecule has 0 spiro atoms. The molecule has 1 saturated heterocycles. The highest BCUT2D eigenvalue weighted by Crippen LogP contribution is 2.34. The van der Waals surface area contributed by atoms with Crippen LogP contribution in [0.1, 0.15) is 31.9 Å². The van der Waals surface area contributed by atoms with E-state index in [2.05, 4.69) is 15.9 Å². The van der Waals surface area contributed by atoms with Crippen LogP contribution in [-0.2, 0) is 4.79 Å². The number of hydrogen-bond donors (Lipinski definition) is 1. The summed E-state index contributed by atoms with van der Waals surface area (Å²) in [6, 6.07) is 4.45. The van der Waals surface area contributed by atoms with Crippen LogP contribution >= 0.6 is 15.9 Å². The van der Waals surface area contributed by atoms with Crippen LogP contribution in [-0.4, -0.2) is 22.9 Å². The molecule has 0 saturated carbocycles. The molecule has 1 aliphatic heterocycles. The molecule has 3 nitrogen and oxygen atoms in total. The molecule has 0 aliphatic carbocycles. The molecule has 5 heteroatoms. The quantitative estimate of drug-likeness (QED) is 0.912. The largest absolute Gasteiger partial charge is 0.332 e. The maximum atomic E-state index is 13.6. The van der Waals surface area contributed by atoms with Gasteiger partial charge in [0.15, 0.2) is 0 Å². The standard InChI is InChI=1S/C13H16BrFN2O/c1-7(2)17-12(18)6-11(16)13(17)8-3-4-9(14)10(15)5-8/h3-5,7,11,13H,6,16H2,1-2H3. The van der Waals surface area contributed by atoms with Crippen molar-refractivity contribution in [2.24, 2.45) is 5.73 Å². The van der Waals surface area contributed by atoms with Gasteiger partial charge in [0.05, 0.1) is 10.5 Å². The fourth-order valence-electron chi connectivity index (χ4n) is 2.49. The van der Waals surface area contributed by atoms with Gasteiger partial charge in [-0.1, -0.05) is 6.07 Å². The number of rotatable bonds is 2. The first-order valence-corrected chi connectivity index (χ1v) is 6.72. The van der Waals surface area contributed by atoms with Crippen molar-refractivity contribution in [1.82, 2.24) is 4.90 Å². The van der Waals surface area contributed by atoms with Gasteiger partial charge in [0.2, 0.25) is 5.91 Å². The summed E-state index contributed by atoms with van der Waals surface area (Å²) >= 11 is 3.12. The van der Waals surface area contributed by atoms with Gasteiger partial charge in [-0.3, -0.25) is 4.79 Å². The Morgan fingerprint density at radius 1 is 1.50 bits per heavy atom. The minimum Gasteiger partial charge on any atom is -0.332 e. The van der Waals surface area contributed by atoms with Gasteiger partial charge in [-0.25, -0.2) is 4.39 Å². The maximum Gasteiger partial charge on any atom is 0.225 e. The maximum absolute atomic E-state index is 13.6. The molecule has 1 aromatic rings. The molecular formula is C13H16BrFN2O. The lowest BCUT2D eigenvalue weighted by molar-refractivity contribution is -0.130. The lowest BCUT2D eigenvalue weighted by Crippen LogP contribution is -2.37. The molecule has 0 aromatic heterocycles. The minimum absolute atomic E-state index is 0.0332. The second-order valence-corrected chi connectivity index (χ2v) is 5.74. The van der Waals surface area contributed by atoms with Crippen molar-refractivity contribution in [3.8, 4) is 0 Å². The van der Waals surface area contributed by atoms with Gasteiger partial charge in [0.1, 0.15) is 5.82 Å². The highest BCUT2D eigenvalue weighted by atomic mass is 79.9. The molecule has 1 heterocycles. The van der Waals surface area contributed by atoms with E-state index in [0.717, 1.165) is 5.56 Å². The van der Waals surface area contributed by atoms with Gasteiger partial charge in [-0.15, -0.1) is 0 Å². The van der Waals surface area contributed by atoms with E-state index >= 15 is 0 Å². The predicted molar refractivity (Wildman–Crippen MR) is 71.4 cm³/mol. The zero-order chi connectivity index (χ0) is 13.4. The van der Waals surface area contributed by atoms with Gasteiger partial charge in [0, 0.05) is 18.5 Å². The van der Waals surface area contributed by atoms with Crippen molar-refractivity contribution in [2.75, 3.05) is 0 Å². The van der Waals surface area contributed by atoms with Gasteiger partial charge >= 0.3 is 0 Å². The Labute approximate surface area is 114 Å². The molecule has 0 bridgehead atoms. The Morgan fingerprint density at radius 2 is 2.17 bits per heavy atom. The summed E-state index contributed by atoms with van der Waals surface area (Å²) in [6.07, 6.45) is 0.320. The molecular weight excluding hydrogens is 299 g/mol. The zero-order valence-corrected chi connectivity index (χ0v) is 11.9. The summed E-state index contributed by atoms with van der Waals surface area (Å²) in [5.74, 6) is -0.298. The lowest BCUT2D eigenvalue weighted by Gasteiger charge is -2.30. The Morgan fingerprint density at radius 3 is 2.72 bits per heavy atom. The summed E-state index contributed by atoms with van der Waals surface area (Å²) in [7, 11) is 0. The molecule has 2 rings (SSSR count). The van der Waals surface area contributed by atoms with E-state index in [9.17, 15) is 9.18 Å². The van der Waals surface area contributed by atoms with E-state index in [4.69, 9.17) is 5.73 Å². The average molecular weight is 315 g/mol. The Bertz CT molecular complexity index is 478. The second-order valence-electron chi connectivity index (χ2n) is 4.88. The van der Waals surface area contributed by atoms with E-state index in [1.165, 1.54) is 6.07 Å². The molecule has 2 unspecified atom stereocenters. The third kappa shape index (κ3) is 2.29. The summed E-state index contributed by atoms with van der Waals surface area (Å²) in [4.78, 5) is 13.6. The van der Waals surface area contributed by atoms with E-state index in [0.29, 0.717) is 10.9 Å². The Balaban J connectivity index is 2.40. The molecule has 18 heavy (non-hydrogen) atoms. The van der Waals surface area contributed by atoms with Gasteiger partial charge in [0.25, 0.3) is 0 Å². The number of hydrogen-bond acceptors (Lipinski definition) is 2. The van der Waals surface area contributed by atoms with Crippen LogP contribution < -0.4 is 5.73 Å². The number of carbonyl (C=O) groups excluding carboxylic acids is 1. The van der Waals surface area contributed by atoms with Crippen LogP contribution in [0, 0.1) is 5.82 Å². The van der Waals surface area contributed by atoms with E-state index in [-0.39, 0.29) is 29.8 Å². The molecule has 2 N–H and O–H groups in total. The highest BCUT2D eigenvalue weighted by Gasteiger charge is 2.40. The van der Waals surface area contributed by atoms with Crippen LogP contribution in [0.25, 0.3) is 0 Å². The SMILES string of the molecule is CC(C)N1C(=O)CC(N)C1c1ccc(Br)c(F)c1. The van der Waals surface area contributed by atoms with Crippen LogP contribution in [0.4, 0.5) is 4.39 Å². The number of halogens is 2. The van der Waals surface area contributed by atoms with Crippen LogP contribution in [0.2, 0.25) is 0 Å². The molecule has 1 aliphatic rings. The monoisotopic (exact) mass is 314 g/mol. The molecule has 98 valence electrons. The summed E-state index contributed by atoms with van der Waals surface area (Å²) < 4.78 is 14.0. The van der Waals surface area contributed by atoms with Crippen molar-refractivity contribution in [3.63, 3.8) is 0 Å². The van der Waals surface area contributed by atoms with Crippen molar-refractivity contribution in [2.45, 2.75) is 38.4 Å². The van der Waals surface area contributed by atoms with Crippen LogP contribution in [0.3, 0.4) is 0 Å². The molecule has 1 fully saturated rings. The van der Waals surface area contributed by atoms with Crippen molar-refractivity contribution >= 4 is 21.8 Å². The normalized spacial score (nSPS) is 24.1. The third-order valence-corrected chi connectivity index (χ3v) is 3.89. The topological polar surface area (TPSA) is 46.3 Å². The summed E-state index contributed by atoms with van der Waals surface area (Å²) in [6.45, 7) is 3.89. The first kappa shape index (κ1) is 13.5. The van der Waals surface area contributed by atoms with E-state index in [1.54, 1.807) is 11.0 Å². The van der Waals surface area contributed by atoms with Crippen LogP contribution in [0.15, 0.2) is 22.7 Å². The highest BCUT2D eigenvalue weighted by molar-refractivity contribution is 9.10. The minimum atomic E-state index is -0.331. The average Bonchev–Trinajstić information content (AvgIpc) is 2.57. The van der Waals surface area contributed by atoms with Gasteiger partial charge in [-0.2, -0.15) is 0 Å². The zero-order valence-electron chi connectivity index (χ0n) is 10.4. The first-order valence-electron chi connectivity index (χ1n) is 5.93. The van der Waals surface area contributed by atoms with Crippen molar-refractivity contribution in [1.29, 1.82) is 0 Å². The predicted octanol–water partition coefficient (Wildman–Crippen LogP) is 2.60. The fraction of sp³-hybridized carbons (Fsp3) is 0.462. The first-order chi connectivity index (χ1) is 8.41. The fourth-order valence-corrected chi connectivity index (χ4v) is 2.74. The Kier molecular flexibility index (Phi) is 3.73. The van der Waals surface area contributed by atoms with Gasteiger partial charge in [-0.05, 0) is 47.5 Å². The molecule has 0 radical (unpaired) electrons. The summed E-state index contributed by atoms with van der Waals surface area (Å²) in [5, 5.41) is 0. The number of benzene rings is 1. The molecule has 2 atom stereocenters. The number of likely N-dealkylation sites (tertiary alicyclic amines) is 1. The summed E-state index contributed by atoms with van der Waals surface area (Å²) in [5.41, 5.74) is 6.77. The second kappa shape index (κ2) is 4.97. The third-order valence-electron chi connectivity index (χ3n) is 3.25. The Hall–Kier alpha value is -0.940. The van der Waals surface area contributed by atoms with E-state index < -0.39 is 0 Å². The van der Waals surface area contributed by atoms with Crippen molar-refractivity contribution in [3.05, 3.63) is 34.1 Å². The molecule has 1 amide bonds. The van der Waals surface area contributed by atoms with Crippen molar-refractivity contribution < 1.29 is 9.18 Å². The smallest absolute Gasteiger partial charge is 0.225 e. The number of nitrogens with two attached hydrogens (primary N) is 1. The number of nitrogens with zero attached hydrogens (tertiary/aromatic N) is 1. The number of amides is 1. The molecule has 1 aromatic carbocycles. The van der Waals surface area contributed by atoms with E-state index in [1.807, 2.05) is 19.9 Å².